The number of aromatic nitrogens is 5. The zero-order chi connectivity index (χ0) is 25.2. The van der Waals surface area contributed by atoms with Gasteiger partial charge in [-0.1, -0.05) is 31.7 Å². The number of fused-ring (bicyclic) bond motifs is 2. The third-order valence-corrected chi connectivity index (χ3v) is 7.06. The predicted octanol–water partition coefficient (Wildman–Crippen LogP) is 6.80. The molecule has 6 nitrogen and oxygen atoms in total. The van der Waals surface area contributed by atoms with Crippen LogP contribution in [0.4, 0.5) is 4.39 Å². The van der Waals surface area contributed by atoms with E-state index in [0.29, 0.717) is 29.1 Å². The number of pyridine rings is 1. The second kappa shape index (κ2) is 10.0. The first-order valence-electron chi connectivity index (χ1n) is 11.8. The van der Waals surface area contributed by atoms with Gasteiger partial charge in [0.25, 0.3) is 0 Å². The number of nitrogens with one attached hydrogen (secondary N) is 3. The molecule has 0 unspecified atom stereocenters. The van der Waals surface area contributed by atoms with Crippen LogP contribution in [0.25, 0.3) is 49.6 Å². The fourth-order valence-electron chi connectivity index (χ4n) is 4.20. The first kappa shape index (κ1) is 23.8. The average molecular weight is 499 g/mol. The van der Waals surface area contributed by atoms with Crippen molar-refractivity contribution in [1.82, 2.24) is 30.5 Å². The molecule has 0 bridgehead atoms. The van der Waals surface area contributed by atoms with Crippen LogP contribution in [0.5, 0.6) is 0 Å². The Morgan fingerprint density at radius 3 is 2.78 bits per heavy atom. The van der Waals surface area contributed by atoms with E-state index in [1.165, 1.54) is 10.9 Å². The van der Waals surface area contributed by atoms with Crippen molar-refractivity contribution in [3.8, 4) is 22.1 Å². The number of hydrogen-bond donors (Lipinski definition) is 3. The van der Waals surface area contributed by atoms with Gasteiger partial charge in [-0.25, -0.2) is 9.37 Å². The van der Waals surface area contributed by atoms with Gasteiger partial charge >= 0.3 is 0 Å². The minimum Gasteiger partial charge on any atom is -0.336 e. The molecule has 0 spiro atoms. The highest BCUT2D eigenvalue weighted by atomic mass is 32.1. The number of thiophene rings is 1. The summed E-state index contributed by atoms with van der Waals surface area (Å²) < 4.78 is 15.2. The number of rotatable bonds is 8. The molecule has 3 N–H and O–H groups in total. The number of nitrogens with zero attached hydrogens (tertiary/aromatic N) is 3. The van der Waals surface area contributed by atoms with Gasteiger partial charge in [-0.15, -0.1) is 11.3 Å². The van der Waals surface area contributed by atoms with E-state index >= 15 is 4.39 Å². The Labute approximate surface area is 212 Å². The summed E-state index contributed by atoms with van der Waals surface area (Å²) >= 11 is 1.68. The van der Waals surface area contributed by atoms with Gasteiger partial charge < -0.3 is 10.3 Å². The first-order valence-corrected chi connectivity index (χ1v) is 12.6. The summed E-state index contributed by atoms with van der Waals surface area (Å²) in [6.07, 6.45) is 7.43. The standard InChI is InChI=1S/C28H27FN6S/c1-5-17(15-30-7-3)12-18(6-2)19-13-20-23(14-21(19)29)34-35-25(20)28-32-22-10-11-31-27(26(22)33-28)24-9-8-16(4)36-24/h5-6,8-14,30H,1,7,15H2,2-4H3,(H,32,33)(H,34,35)/b17-12+,18-6+. The maximum absolute atomic E-state index is 15.2. The number of likely N-dealkylation sites (N-methyl/N-ethyl adjacent to an activating group) is 1. The molecule has 0 aliphatic rings. The van der Waals surface area contributed by atoms with Crippen molar-refractivity contribution in [1.29, 1.82) is 0 Å². The summed E-state index contributed by atoms with van der Waals surface area (Å²) in [5.74, 6) is 0.283. The van der Waals surface area contributed by atoms with Gasteiger partial charge in [0, 0.05) is 34.6 Å². The van der Waals surface area contributed by atoms with Crippen molar-refractivity contribution >= 4 is 38.8 Å². The summed E-state index contributed by atoms with van der Waals surface area (Å²) in [7, 11) is 0. The lowest BCUT2D eigenvalue weighted by molar-refractivity contribution is 0.626. The molecule has 4 aromatic heterocycles. The van der Waals surface area contributed by atoms with Crippen molar-refractivity contribution in [3.63, 3.8) is 0 Å². The minimum atomic E-state index is -0.321. The molecule has 0 aliphatic heterocycles. The van der Waals surface area contributed by atoms with Gasteiger partial charge in [-0.3, -0.25) is 10.1 Å². The van der Waals surface area contributed by atoms with Gasteiger partial charge in [0.05, 0.1) is 15.9 Å². The molecule has 182 valence electrons. The van der Waals surface area contributed by atoms with E-state index in [9.17, 15) is 0 Å². The molecule has 0 saturated carbocycles. The van der Waals surface area contributed by atoms with Gasteiger partial charge in [0.2, 0.25) is 0 Å². The Kier molecular flexibility index (Phi) is 6.63. The molecule has 5 aromatic rings. The fourth-order valence-corrected chi connectivity index (χ4v) is 5.06. The number of aryl methyl sites for hydroxylation is 1. The van der Waals surface area contributed by atoms with E-state index in [1.807, 2.05) is 38.1 Å². The molecular formula is C28H27FN6S. The van der Waals surface area contributed by atoms with Crippen LogP contribution in [0.3, 0.4) is 0 Å². The van der Waals surface area contributed by atoms with E-state index < -0.39 is 0 Å². The van der Waals surface area contributed by atoms with Crippen molar-refractivity contribution in [3.05, 3.63) is 83.2 Å². The molecule has 0 fully saturated rings. The first-order chi connectivity index (χ1) is 17.5. The molecule has 0 aliphatic carbocycles. The lowest BCUT2D eigenvalue weighted by Crippen LogP contribution is -2.15. The molecule has 5 rings (SSSR count). The highest BCUT2D eigenvalue weighted by molar-refractivity contribution is 7.15. The van der Waals surface area contributed by atoms with Crippen LogP contribution >= 0.6 is 11.3 Å². The molecule has 1 aromatic carbocycles. The maximum Gasteiger partial charge on any atom is 0.159 e. The molecule has 0 atom stereocenters. The second-order valence-electron chi connectivity index (χ2n) is 8.45. The third-order valence-electron chi connectivity index (χ3n) is 6.05. The quantitative estimate of drug-likeness (QED) is 0.205. The predicted molar refractivity (Wildman–Crippen MR) is 147 cm³/mol. The molecule has 0 radical (unpaired) electrons. The highest BCUT2D eigenvalue weighted by Gasteiger charge is 2.18. The SMILES string of the molecule is C=C/C(=C\C(=C/C)c1cc2c(-c3nc4c(-c5ccc(C)s5)nccc4[nH]3)n[nH]c2cc1F)CNCC. The Balaban J connectivity index is 1.61. The Bertz CT molecular complexity index is 1630. The summed E-state index contributed by atoms with van der Waals surface area (Å²) in [6, 6.07) is 9.36. The van der Waals surface area contributed by atoms with E-state index in [0.717, 1.165) is 44.7 Å². The van der Waals surface area contributed by atoms with E-state index in [1.54, 1.807) is 23.6 Å². The second-order valence-corrected chi connectivity index (χ2v) is 9.74. The lowest BCUT2D eigenvalue weighted by Gasteiger charge is -2.08. The molecule has 0 saturated heterocycles. The van der Waals surface area contributed by atoms with Crippen LogP contribution in [0.2, 0.25) is 0 Å². The van der Waals surface area contributed by atoms with Crippen molar-refractivity contribution in [2.24, 2.45) is 0 Å². The third kappa shape index (κ3) is 4.41. The zero-order valence-corrected chi connectivity index (χ0v) is 21.3. The van der Waals surface area contributed by atoms with Crippen LogP contribution in [0, 0.1) is 12.7 Å². The smallest absolute Gasteiger partial charge is 0.159 e. The molecule has 0 amide bonds. The minimum absolute atomic E-state index is 0.321. The maximum atomic E-state index is 15.2. The monoisotopic (exact) mass is 498 g/mol. The Morgan fingerprint density at radius 2 is 2.06 bits per heavy atom. The Morgan fingerprint density at radius 1 is 1.19 bits per heavy atom. The summed E-state index contributed by atoms with van der Waals surface area (Å²) in [4.78, 5) is 15.1. The summed E-state index contributed by atoms with van der Waals surface area (Å²) in [5.41, 5.74) is 5.98. The number of halogens is 1. The van der Waals surface area contributed by atoms with Crippen molar-refractivity contribution in [2.45, 2.75) is 20.8 Å². The highest BCUT2D eigenvalue weighted by Crippen LogP contribution is 2.34. The summed E-state index contributed by atoms with van der Waals surface area (Å²) in [5, 5.41) is 11.5. The number of hydrogen-bond acceptors (Lipinski definition) is 5. The normalized spacial score (nSPS) is 12.7. The van der Waals surface area contributed by atoms with Crippen molar-refractivity contribution in [2.75, 3.05) is 13.1 Å². The number of aromatic amines is 2. The number of H-pyrrole nitrogens is 2. The van der Waals surface area contributed by atoms with Crippen LogP contribution < -0.4 is 5.32 Å². The van der Waals surface area contributed by atoms with Crippen LogP contribution in [-0.4, -0.2) is 38.2 Å². The number of imidazole rings is 1. The van der Waals surface area contributed by atoms with Crippen molar-refractivity contribution < 1.29 is 4.39 Å². The molecule has 8 heteroatoms. The zero-order valence-electron chi connectivity index (χ0n) is 20.4. The fraction of sp³-hybridized carbons (Fsp3) is 0.179. The molecule has 36 heavy (non-hydrogen) atoms. The van der Waals surface area contributed by atoms with E-state index in [-0.39, 0.29) is 5.82 Å². The Hall–Kier alpha value is -3.88. The van der Waals surface area contributed by atoms with Crippen LogP contribution in [0.1, 0.15) is 24.3 Å². The topological polar surface area (TPSA) is 82.3 Å². The largest absolute Gasteiger partial charge is 0.336 e. The molecule has 4 heterocycles. The molecular weight excluding hydrogens is 471 g/mol. The van der Waals surface area contributed by atoms with E-state index in [4.69, 9.17) is 4.98 Å². The average Bonchev–Trinajstić information content (AvgIpc) is 3.61. The summed E-state index contributed by atoms with van der Waals surface area (Å²) in [6.45, 7) is 11.4. The van der Waals surface area contributed by atoms with Crippen LogP contribution in [-0.2, 0) is 0 Å². The van der Waals surface area contributed by atoms with Gasteiger partial charge in [-0.05, 0) is 55.8 Å². The van der Waals surface area contributed by atoms with Crippen LogP contribution in [0.15, 0.2) is 66.9 Å². The van der Waals surface area contributed by atoms with Gasteiger partial charge in [-0.2, -0.15) is 5.10 Å². The van der Waals surface area contributed by atoms with Gasteiger partial charge in [0.1, 0.15) is 22.7 Å². The van der Waals surface area contributed by atoms with E-state index in [2.05, 4.69) is 51.1 Å². The number of allylic oxidation sites excluding steroid dienone is 3. The van der Waals surface area contributed by atoms with Gasteiger partial charge in [0.15, 0.2) is 5.82 Å². The number of benzene rings is 1. The lowest BCUT2D eigenvalue weighted by atomic mass is 9.99.